The van der Waals surface area contributed by atoms with E-state index in [1.807, 2.05) is 30.3 Å². The second kappa shape index (κ2) is 5.11. The van der Waals surface area contributed by atoms with E-state index < -0.39 is 0 Å². The zero-order valence-electron chi connectivity index (χ0n) is 13.1. The summed E-state index contributed by atoms with van der Waals surface area (Å²) >= 11 is 0. The predicted molar refractivity (Wildman–Crippen MR) is 89.2 cm³/mol. The summed E-state index contributed by atoms with van der Waals surface area (Å²) in [7, 11) is 0. The van der Waals surface area contributed by atoms with Gasteiger partial charge in [-0.15, -0.1) is 0 Å². The molecule has 6 heteroatoms. The van der Waals surface area contributed by atoms with Gasteiger partial charge in [-0.3, -0.25) is 9.59 Å². The van der Waals surface area contributed by atoms with Gasteiger partial charge in [-0.2, -0.15) is 0 Å². The van der Waals surface area contributed by atoms with E-state index in [9.17, 15) is 9.59 Å². The van der Waals surface area contributed by atoms with Crippen LogP contribution < -0.4 is 19.8 Å². The van der Waals surface area contributed by atoms with E-state index in [-0.39, 0.29) is 30.7 Å². The van der Waals surface area contributed by atoms with E-state index in [0.717, 1.165) is 10.9 Å². The fourth-order valence-corrected chi connectivity index (χ4v) is 3.49. The Morgan fingerprint density at radius 3 is 2.76 bits per heavy atom. The second-order valence-electron chi connectivity index (χ2n) is 6.09. The average molecular weight is 335 g/mol. The monoisotopic (exact) mass is 335 g/mol. The summed E-state index contributed by atoms with van der Waals surface area (Å²) in [6.45, 7) is 0.174. The predicted octanol–water partition coefficient (Wildman–Crippen LogP) is 2.70. The first-order valence-electron chi connectivity index (χ1n) is 7.96. The number of nitrogens with one attached hydrogen (secondary N) is 1. The van der Waals surface area contributed by atoms with Crippen LogP contribution in [0.5, 0.6) is 17.2 Å². The van der Waals surface area contributed by atoms with Crippen LogP contribution in [0.3, 0.4) is 0 Å². The van der Waals surface area contributed by atoms with Gasteiger partial charge < -0.3 is 19.2 Å². The summed E-state index contributed by atoms with van der Waals surface area (Å²) in [5, 5.41) is 0.718. The van der Waals surface area contributed by atoms with Crippen LogP contribution in [0.15, 0.2) is 47.3 Å². The highest BCUT2D eigenvalue weighted by Gasteiger charge is 2.33. The third-order valence-electron chi connectivity index (χ3n) is 4.64. The largest absolute Gasteiger partial charge is 0.454 e. The minimum Gasteiger partial charge on any atom is -0.454 e. The molecule has 1 N–H and O–H groups in total. The molecular formula is C19H13NO5. The minimum atomic E-state index is -0.390. The molecule has 0 amide bonds. The van der Waals surface area contributed by atoms with Crippen molar-refractivity contribution in [3.63, 3.8) is 0 Å². The Bertz CT molecular complexity index is 1080. The molecule has 0 saturated carbocycles. The van der Waals surface area contributed by atoms with E-state index >= 15 is 0 Å². The van der Waals surface area contributed by atoms with E-state index in [1.165, 1.54) is 0 Å². The van der Waals surface area contributed by atoms with Gasteiger partial charge in [0.05, 0.1) is 17.5 Å². The van der Waals surface area contributed by atoms with Crippen LogP contribution in [-0.4, -0.2) is 17.7 Å². The van der Waals surface area contributed by atoms with E-state index in [0.29, 0.717) is 28.3 Å². The Hall–Kier alpha value is -3.28. The number of carbonyl (C=O) groups is 1. The molecular weight excluding hydrogens is 322 g/mol. The molecule has 2 aliphatic rings. The molecule has 6 nitrogen and oxygen atoms in total. The average Bonchev–Trinajstić information content (AvgIpc) is 3.08. The number of rotatable bonds is 1. The minimum absolute atomic E-state index is 0.105. The maximum absolute atomic E-state index is 12.7. The molecule has 5 rings (SSSR count). The summed E-state index contributed by atoms with van der Waals surface area (Å²) in [6.07, 6.45) is 0.105. The highest BCUT2D eigenvalue weighted by Crippen LogP contribution is 2.42. The van der Waals surface area contributed by atoms with Crippen LogP contribution in [0, 0.1) is 0 Å². The Morgan fingerprint density at radius 1 is 1.00 bits per heavy atom. The molecule has 3 heterocycles. The third kappa shape index (κ3) is 2.11. The number of hydrogen-bond donors (Lipinski definition) is 1. The Kier molecular flexibility index (Phi) is 2.88. The lowest BCUT2D eigenvalue weighted by Crippen LogP contribution is -2.28. The van der Waals surface area contributed by atoms with Crippen molar-refractivity contribution in [1.82, 2.24) is 4.98 Å². The molecule has 3 aromatic rings. The SMILES string of the molecule is O=C1C[C@@H](c2ccc3c(c2)OCO3)c2c(c3ccccc3[nH]c2=O)O1. The first kappa shape index (κ1) is 14.1. The van der Waals surface area contributed by atoms with Crippen molar-refractivity contribution in [2.24, 2.45) is 0 Å². The maximum atomic E-state index is 12.7. The van der Waals surface area contributed by atoms with Crippen LogP contribution in [0.4, 0.5) is 0 Å². The molecule has 25 heavy (non-hydrogen) atoms. The quantitative estimate of drug-likeness (QED) is 0.692. The first-order valence-corrected chi connectivity index (χ1v) is 7.96. The Labute approximate surface area is 142 Å². The lowest BCUT2D eigenvalue weighted by atomic mass is 9.86. The van der Waals surface area contributed by atoms with Gasteiger partial charge in [0.15, 0.2) is 11.5 Å². The molecule has 0 bridgehead atoms. The number of para-hydroxylation sites is 1. The summed E-state index contributed by atoms with van der Waals surface area (Å²) in [6, 6.07) is 12.8. The van der Waals surface area contributed by atoms with E-state index in [2.05, 4.69) is 4.98 Å². The molecule has 0 unspecified atom stereocenters. The van der Waals surface area contributed by atoms with Crippen LogP contribution in [-0.2, 0) is 4.79 Å². The number of benzene rings is 2. The van der Waals surface area contributed by atoms with E-state index in [4.69, 9.17) is 14.2 Å². The highest BCUT2D eigenvalue weighted by atomic mass is 16.7. The normalized spacial score (nSPS) is 18.1. The number of aromatic nitrogens is 1. The molecule has 1 atom stereocenters. The van der Waals surface area contributed by atoms with Gasteiger partial charge in [0.1, 0.15) is 5.75 Å². The summed E-state index contributed by atoms with van der Waals surface area (Å²) < 4.78 is 16.2. The number of esters is 1. The summed E-state index contributed by atoms with van der Waals surface area (Å²) in [5.41, 5.74) is 1.69. The van der Waals surface area contributed by atoms with Gasteiger partial charge in [-0.25, -0.2) is 0 Å². The number of hydrogen-bond acceptors (Lipinski definition) is 5. The van der Waals surface area contributed by atoms with Crippen molar-refractivity contribution >= 4 is 16.9 Å². The van der Waals surface area contributed by atoms with Crippen LogP contribution >= 0.6 is 0 Å². The Morgan fingerprint density at radius 2 is 1.84 bits per heavy atom. The number of pyridine rings is 1. The van der Waals surface area contributed by atoms with Crippen molar-refractivity contribution < 1.29 is 19.0 Å². The maximum Gasteiger partial charge on any atom is 0.312 e. The topological polar surface area (TPSA) is 77.6 Å². The first-order chi connectivity index (χ1) is 12.2. The molecule has 124 valence electrons. The van der Waals surface area contributed by atoms with Crippen LogP contribution in [0.2, 0.25) is 0 Å². The van der Waals surface area contributed by atoms with Crippen LogP contribution in [0.1, 0.15) is 23.5 Å². The van der Waals surface area contributed by atoms with Gasteiger partial charge in [0, 0.05) is 11.3 Å². The molecule has 0 saturated heterocycles. The number of ether oxygens (including phenoxy) is 3. The number of carbonyl (C=O) groups excluding carboxylic acids is 1. The zero-order chi connectivity index (χ0) is 17.0. The van der Waals surface area contributed by atoms with Crippen molar-refractivity contribution in [1.29, 1.82) is 0 Å². The lowest BCUT2D eigenvalue weighted by Gasteiger charge is -2.25. The van der Waals surface area contributed by atoms with Crippen molar-refractivity contribution in [2.45, 2.75) is 12.3 Å². The van der Waals surface area contributed by atoms with Crippen molar-refractivity contribution in [3.8, 4) is 17.2 Å². The second-order valence-corrected chi connectivity index (χ2v) is 6.09. The fourth-order valence-electron chi connectivity index (χ4n) is 3.49. The van der Waals surface area contributed by atoms with Gasteiger partial charge in [-0.1, -0.05) is 18.2 Å². The summed E-state index contributed by atoms with van der Waals surface area (Å²) in [4.78, 5) is 27.8. The van der Waals surface area contributed by atoms with Crippen molar-refractivity contribution in [3.05, 3.63) is 63.9 Å². The van der Waals surface area contributed by atoms with Crippen LogP contribution in [0.25, 0.3) is 10.9 Å². The number of fused-ring (bicyclic) bond motifs is 4. The molecule has 1 aromatic heterocycles. The molecule has 0 fully saturated rings. The Balaban J connectivity index is 1.75. The lowest BCUT2D eigenvalue weighted by molar-refractivity contribution is -0.135. The zero-order valence-corrected chi connectivity index (χ0v) is 13.1. The smallest absolute Gasteiger partial charge is 0.312 e. The highest BCUT2D eigenvalue weighted by molar-refractivity contribution is 5.91. The molecule has 0 radical (unpaired) electrons. The molecule has 0 spiro atoms. The molecule has 2 aliphatic heterocycles. The van der Waals surface area contributed by atoms with E-state index in [1.54, 1.807) is 12.1 Å². The third-order valence-corrected chi connectivity index (χ3v) is 4.64. The van der Waals surface area contributed by atoms with Gasteiger partial charge >= 0.3 is 5.97 Å². The number of H-pyrrole nitrogens is 1. The van der Waals surface area contributed by atoms with Gasteiger partial charge in [-0.05, 0) is 29.8 Å². The standard InChI is InChI=1S/C19H13NO5/c21-16-8-12(10-5-6-14-15(7-10)24-9-23-14)17-18(25-16)11-3-1-2-4-13(11)20-19(17)22/h1-7,12H,8-9H2,(H,20,22)/t12-/m0/s1. The van der Waals surface area contributed by atoms with Crippen molar-refractivity contribution in [2.75, 3.05) is 6.79 Å². The summed E-state index contributed by atoms with van der Waals surface area (Å²) in [5.74, 6) is 0.883. The fraction of sp³-hybridized carbons (Fsp3) is 0.158. The molecule has 0 aliphatic carbocycles. The molecule has 2 aromatic carbocycles. The van der Waals surface area contributed by atoms with Gasteiger partial charge in [0.25, 0.3) is 5.56 Å². The number of aromatic amines is 1. The van der Waals surface area contributed by atoms with Gasteiger partial charge in [0.2, 0.25) is 6.79 Å².